The first-order valence-corrected chi connectivity index (χ1v) is 14.5. The van der Waals surface area contributed by atoms with E-state index in [-0.39, 0.29) is 24.3 Å². The van der Waals surface area contributed by atoms with Gasteiger partial charge in [-0.2, -0.15) is 0 Å². The third kappa shape index (κ3) is 4.63. The highest BCUT2D eigenvalue weighted by Crippen LogP contribution is 2.49. The Morgan fingerprint density at radius 3 is 2.71 bits per heavy atom. The van der Waals surface area contributed by atoms with Crippen LogP contribution in [0.25, 0.3) is 10.9 Å². The Morgan fingerprint density at radius 2 is 1.93 bits per heavy atom. The van der Waals surface area contributed by atoms with Gasteiger partial charge >= 0.3 is 0 Å². The number of nitrogens with zero attached hydrogens (tertiary/aromatic N) is 4. The van der Waals surface area contributed by atoms with Gasteiger partial charge in [-0.15, -0.1) is 0 Å². The van der Waals surface area contributed by atoms with E-state index in [0.29, 0.717) is 37.8 Å². The van der Waals surface area contributed by atoms with Gasteiger partial charge in [-0.25, -0.2) is 4.98 Å². The van der Waals surface area contributed by atoms with E-state index in [1.54, 1.807) is 22.3 Å². The van der Waals surface area contributed by atoms with Crippen molar-refractivity contribution in [1.29, 1.82) is 0 Å². The molecular weight excluding hydrogens is 518 g/mol. The molecule has 0 unspecified atom stereocenters. The van der Waals surface area contributed by atoms with Crippen molar-refractivity contribution in [2.75, 3.05) is 32.8 Å². The second kappa shape index (κ2) is 11.0. The van der Waals surface area contributed by atoms with Crippen molar-refractivity contribution in [3.63, 3.8) is 0 Å². The zero-order valence-corrected chi connectivity index (χ0v) is 23.9. The Bertz CT molecular complexity index is 1560. The number of H-pyrrole nitrogens is 1. The first-order chi connectivity index (χ1) is 20.0. The monoisotopic (exact) mass is 555 g/mol. The number of rotatable bonds is 10. The molecule has 4 aromatic rings. The number of aromatic amines is 1. The standard InChI is InChI=1S/C32H37N5O4/c1-4-17-41-26-12-11-22(18-27(26)40-5-2)24-19-37-28(38)20-36(15-8-14-35-16-13-33-21-35)31(39)32(37,3)30-29(24)23-9-6-7-10-25(23)34-30/h6-7,9-13,16,18,21,24,34H,4-5,8,14-15,17,19-20H2,1-3H3/t24-,32-/m0/s1. The Kier molecular flexibility index (Phi) is 7.19. The highest BCUT2D eigenvalue weighted by Gasteiger charge is 2.56. The summed E-state index contributed by atoms with van der Waals surface area (Å²) in [5, 5.41) is 1.06. The normalized spacial score (nSPS) is 20.3. The third-order valence-electron chi connectivity index (χ3n) is 8.35. The van der Waals surface area contributed by atoms with Crippen LogP contribution in [0.1, 0.15) is 56.4 Å². The van der Waals surface area contributed by atoms with Gasteiger partial charge in [0.1, 0.15) is 0 Å². The van der Waals surface area contributed by atoms with E-state index < -0.39 is 5.54 Å². The molecule has 2 aromatic heterocycles. The largest absolute Gasteiger partial charge is 0.490 e. The van der Waals surface area contributed by atoms with E-state index in [0.717, 1.165) is 47.1 Å². The summed E-state index contributed by atoms with van der Waals surface area (Å²) in [6.45, 7) is 8.77. The topological polar surface area (TPSA) is 92.7 Å². The molecular formula is C32H37N5O4. The molecule has 2 aromatic carbocycles. The van der Waals surface area contributed by atoms with Crippen LogP contribution in [-0.2, 0) is 21.7 Å². The second-order valence-corrected chi connectivity index (χ2v) is 11.0. The summed E-state index contributed by atoms with van der Waals surface area (Å²) in [7, 11) is 0. The fourth-order valence-electron chi connectivity index (χ4n) is 6.36. The number of fused-ring (bicyclic) bond motifs is 5. The number of hydrogen-bond donors (Lipinski definition) is 1. The molecule has 6 rings (SSSR count). The van der Waals surface area contributed by atoms with Crippen LogP contribution in [0.2, 0.25) is 0 Å². The molecule has 1 N–H and O–H groups in total. The average Bonchev–Trinajstić information content (AvgIpc) is 3.64. The van der Waals surface area contributed by atoms with E-state index >= 15 is 0 Å². The van der Waals surface area contributed by atoms with Crippen LogP contribution < -0.4 is 9.47 Å². The number of amides is 2. The Labute approximate surface area is 240 Å². The lowest BCUT2D eigenvalue weighted by atomic mass is 9.76. The van der Waals surface area contributed by atoms with Crippen LogP contribution in [0.4, 0.5) is 0 Å². The average molecular weight is 556 g/mol. The van der Waals surface area contributed by atoms with Crippen molar-refractivity contribution in [1.82, 2.24) is 24.3 Å². The molecule has 2 amide bonds. The number of ether oxygens (including phenoxy) is 2. The second-order valence-electron chi connectivity index (χ2n) is 11.0. The van der Waals surface area contributed by atoms with Gasteiger partial charge < -0.3 is 28.8 Å². The van der Waals surface area contributed by atoms with E-state index in [1.807, 2.05) is 54.9 Å². The zero-order valence-electron chi connectivity index (χ0n) is 23.9. The van der Waals surface area contributed by atoms with E-state index in [9.17, 15) is 9.59 Å². The summed E-state index contributed by atoms with van der Waals surface area (Å²) in [6.07, 6.45) is 7.06. The minimum absolute atomic E-state index is 0.0445. The predicted molar refractivity (Wildman–Crippen MR) is 156 cm³/mol. The summed E-state index contributed by atoms with van der Waals surface area (Å²) in [5.41, 5.74) is 2.70. The smallest absolute Gasteiger partial charge is 0.254 e. The number of piperazine rings is 1. The predicted octanol–water partition coefficient (Wildman–Crippen LogP) is 4.67. The number of carbonyl (C=O) groups is 2. The minimum Gasteiger partial charge on any atom is -0.490 e. The van der Waals surface area contributed by atoms with Crippen LogP contribution in [0.15, 0.2) is 61.2 Å². The lowest BCUT2D eigenvalue weighted by Gasteiger charge is -2.51. The fourth-order valence-corrected chi connectivity index (χ4v) is 6.36. The molecule has 0 saturated carbocycles. The number of aryl methyl sites for hydroxylation is 1. The number of carbonyl (C=O) groups excluding carboxylic acids is 2. The number of nitrogens with one attached hydrogen (secondary N) is 1. The summed E-state index contributed by atoms with van der Waals surface area (Å²) in [5.74, 6) is 1.17. The van der Waals surface area contributed by atoms with Gasteiger partial charge in [0.15, 0.2) is 17.0 Å². The third-order valence-corrected chi connectivity index (χ3v) is 8.35. The molecule has 0 aliphatic carbocycles. The molecule has 41 heavy (non-hydrogen) atoms. The number of benzene rings is 2. The van der Waals surface area contributed by atoms with Crippen LogP contribution in [0.5, 0.6) is 11.5 Å². The lowest BCUT2D eigenvalue weighted by molar-refractivity contribution is -0.166. The molecule has 4 heterocycles. The highest BCUT2D eigenvalue weighted by molar-refractivity contribution is 6.01. The van der Waals surface area contributed by atoms with Crippen molar-refractivity contribution >= 4 is 22.7 Å². The molecule has 1 saturated heterocycles. The van der Waals surface area contributed by atoms with Gasteiger partial charge in [0, 0.05) is 48.8 Å². The molecule has 2 aliphatic heterocycles. The number of para-hydroxylation sites is 1. The maximum Gasteiger partial charge on any atom is 0.254 e. The van der Waals surface area contributed by atoms with Crippen molar-refractivity contribution < 1.29 is 19.1 Å². The van der Waals surface area contributed by atoms with E-state index in [2.05, 4.69) is 29.0 Å². The van der Waals surface area contributed by atoms with Crippen LogP contribution in [-0.4, -0.2) is 69.0 Å². The summed E-state index contributed by atoms with van der Waals surface area (Å²) in [6, 6.07) is 14.2. The quantitative estimate of drug-likeness (QED) is 0.307. The molecule has 9 nitrogen and oxygen atoms in total. The highest BCUT2D eigenvalue weighted by atomic mass is 16.5. The first kappa shape index (κ1) is 26.9. The molecule has 0 radical (unpaired) electrons. The van der Waals surface area contributed by atoms with Gasteiger partial charge in [0.2, 0.25) is 5.91 Å². The van der Waals surface area contributed by atoms with E-state index in [4.69, 9.17) is 9.47 Å². The van der Waals surface area contributed by atoms with Gasteiger partial charge in [-0.05, 0) is 56.0 Å². The van der Waals surface area contributed by atoms with Gasteiger partial charge in [0.25, 0.3) is 5.91 Å². The Morgan fingerprint density at radius 1 is 1.07 bits per heavy atom. The molecule has 0 spiro atoms. The van der Waals surface area contributed by atoms with Gasteiger partial charge in [-0.3, -0.25) is 9.59 Å². The van der Waals surface area contributed by atoms with Crippen LogP contribution in [0, 0.1) is 0 Å². The molecule has 2 aliphatic rings. The minimum atomic E-state index is -1.12. The Balaban J connectivity index is 1.40. The lowest BCUT2D eigenvalue weighted by Crippen LogP contribution is -2.67. The summed E-state index contributed by atoms with van der Waals surface area (Å²) in [4.78, 5) is 39.2. The maximum atomic E-state index is 14.2. The SMILES string of the molecule is CCCOc1ccc([C@@H]2CN3C(=O)CN(CCCn4ccnc4)C(=O)[C@]3(C)c3[nH]c4ccccc4c32)cc1OCC. The van der Waals surface area contributed by atoms with Crippen molar-refractivity contribution in [2.45, 2.75) is 51.6 Å². The Hall–Kier alpha value is -4.27. The van der Waals surface area contributed by atoms with Crippen molar-refractivity contribution in [3.05, 3.63) is 78.0 Å². The molecule has 214 valence electrons. The van der Waals surface area contributed by atoms with E-state index in [1.165, 1.54) is 0 Å². The molecule has 1 fully saturated rings. The first-order valence-electron chi connectivity index (χ1n) is 14.5. The van der Waals surface area contributed by atoms with Crippen molar-refractivity contribution in [2.24, 2.45) is 0 Å². The van der Waals surface area contributed by atoms with Gasteiger partial charge in [0.05, 0.1) is 31.8 Å². The fraction of sp³-hybridized carbons (Fsp3) is 0.406. The number of imidazole rings is 1. The summed E-state index contributed by atoms with van der Waals surface area (Å²) < 4.78 is 13.9. The van der Waals surface area contributed by atoms with Gasteiger partial charge in [-0.1, -0.05) is 31.2 Å². The number of hydrogen-bond acceptors (Lipinski definition) is 5. The molecule has 9 heteroatoms. The molecule has 0 bridgehead atoms. The van der Waals surface area contributed by atoms with Crippen LogP contribution in [0.3, 0.4) is 0 Å². The summed E-state index contributed by atoms with van der Waals surface area (Å²) >= 11 is 0. The number of aromatic nitrogens is 3. The zero-order chi connectivity index (χ0) is 28.6. The maximum absolute atomic E-state index is 14.2. The molecule has 2 atom stereocenters. The van der Waals surface area contributed by atoms with Crippen molar-refractivity contribution in [3.8, 4) is 11.5 Å². The van der Waals surface area contributed by atoms with Crippen LogP contribution >= 0.6 is 0 Å².